The Hall–Kier alpha value is -1.90. The van der Waals surface area contributed by atoms with Crippen molar-refractivity contribution in [3.63, 3.8) is 0 Å². The van der Waals surface area contributed by atoms with E-state index >= 15 is 0 Å². The van der Waals surface area contributed by atoms with Gasteiger partial charge in [0.05, 0.1) is 11.2 Å². The molecule has 2 aliphatic heterocycles. The number of hydrogen-bond donors (Lipinski definition) is 2. The van der Waals surface area contributed by atoms with Gasteiger partial charge in [-0.2, -0.15) is 0 Å². The first kappa shape index (κ1) is 17.5. The maximum absolute atomic E-state index is 12.2. The molecule has 3 heterocycles. The molecule has 2 atom stereocenters. The number of carbonyl (C=O) groups is 1. The highest BCUT2D eigenvalue weighted by atomic mass is 32.2. The normalized spacial score (nSPS) is 27.2. The van der Waals surface area contributed by atoms with Gasteiger partial charge in [-0.05, 0) is 36.1 Å². The molecular formula is C18H23N3O4S. The van der Waals surface area contributed by atoms with E-state index in [1.807, 2.05) is 24.4 Å². The molecule has 2 aromatic rings. The first-order chi connectivity index (χ1) is 12.3. The third-order valence-corrected chi connectivity index (χ3v) is 7.65. The standard InChI is InChI=1S/C18H23N3O4S/c1-2-26(24,25)21-10-15-9-20(11-18(15,12-21)17(22)23)8-13-3-4-16-14(7-13)5-6-19-16/h3-7,15,19H,2,8-12H2,1H3,(H,22,23)/t15-,18-/m1/s1. The van der Waals surface area contributed by atoms with Crippen LogP contribution in [0.25, 0.3) is 10.9 Å². The van der Waals surface area contributed by atoms with Crippen LogP contribution in [-0.4, -0.2) is 65.6 Å². The van der Waals surface area contributed by atoms with Gasteiger partial charge in [0, 0.05) is 50.4 Å². The number of H-pyrrole nitrogens is 1. The predicted molar refractivity (Wildman–Crippen MR) is 98.2 cm³/mol. The number of hydrogen-bond acceptors (Lipinski definition) is 4. The fourth-order valence-electron chi connectivity index (χ4n) is 4.40. The minimum atomic E-state index is -3.36. The number of carboxylic acid groups (broad SMARTS) is 1. The van der Waals surface area contributed by atoms with Crippen LogP contribution in [0.15, 0.2) is 30.5 Å². The maximum Gasteiger partial charge on any atom is 0.312 e. The first-order valence-electron chi connectivity index (χ1n) is 8.84. The van der Waals surface area contributed by atoms with Crippen LogP contribution in [0.2, 0.25) is 0 Å². The third-order valence-electron chi connectivity index (χ3n) is 5.86. The fourth-order valence-corrected chi connectivity index (χ4v) is 5.60. The van der Waals surface area contributed by atoms with Crippen molar-refractivity contribution >= 4 is 26.9 Å². The Morgan fingerprint density at radius 1 is 1.31 bits per heavy atom. The number of nitrogens with one attached hydrogen (secondary N) is 1. The molecule has 7 nitrogen and oxygen atoms in total. The van der Waals surface area contributed by atoms with Crippen LogP contribution in [0.5, 0.6) is 0 Å². The van der Waals surface area contributed by atoms with Gasteiger partial charge in [-0.15, -0.1) is 0 Å². The summed E-state index contributed by atoms with van der Waals surface area (Å²) in [6.45, 7) is 3.64. The van der Waals surface area contributed by atoms with Crippen LogP contribution in [0.4, 0.5) is 0 Å². The Morgan fingerprint density at radius 3 is 2.81 bits per heavy atom. The van der Waals surface area contributed by atoms with Crippen LogP contribution in [0, 0.1) is 11.3 Å². The zero-order valence-corrected chi connectivity index (χ0v) is 15.5. The van der Waals surface area contributed by atoms with E-state index in [9.17, 15) is 18.3 Å². The molecule has 2 saturated heterocycles. The number of benzene rings is 1. The number of sulfonamides is 1. The summed E-state index contributed by atoms with van der Waals surface area (Å²) in [7, 11) is -3.36. The summed E-state index contributed by atoms with van der Waals surface area (Å²) >= 11 is 0. The number of nitrogens with zero attached hydrogens (tertiary/aromatic N) is 2. The number of aromatic amines is 1. The maximum atomic E-state index is 12.2. The summed E-state index contributed by atoms with van der Waals surface area (Å²) in [5.41, 5.74) is 1.21. The van der Waals surface area contributed by atoms with Gasteiger partial charge in [0.15, 0.2) is 0 Å². The molecule has 0 aliphatic carbocycles. The van der Waals surface area contributed by atoms with E-state index in [2.05, 4.69) is 16.0 Å². The summed E-state index contributed by atoms with van der Waals surface area (Å²) < 4.78 is 25.7. The molecule has 0 spiro atoms. The Bertz CT molecular complexity index is 954. The monoisotopic (exact) mass is 377 g/mol. The second-order valence-corrected chi connectivity index (χ2v) is 9.68. The molecular weight excluding hydrogens is 354 g/mol. The zero-order chi connectivity index (χ0) is 18.5. The summed E-state index contributed by atoms with van der Waals surface area (Å²) in [4.78, 5) is 17.4. The second kappa shape index (κ2) is 6.07. The SMILES string of the molecule is CCS(=O)(=O)N1C[C@H]2CN(Cc3ccc4[nH]ccc4c3)C[C@@]2(C(=O)O)C1. The minimum absolute atomic E-state index is 0.00973. The highest BCUT2D eigenvalue weighted by Crippen LogP contribution is 2.44. The van der Waals surface area contributed by atoms with Crippen molar-refractivity contribution in [1.29, 1.82) is 0 Å². The summed E-state index contributed by atoms with van der Waals surface area (Å²) in [6.07, 6.45) is 1.90. The lowest BCUT2D eigenvalue weighted by Gasteiger charge is -2.25. The van der Waals surface area contributed by atoms with Gasteiger partial charge < -0.3 is 10.1 Å². The van der Waals surface area contributed by atoms with E-state index in [4.69, 9.17) is 0 Å². The molecule has 8 heteroatoms. The Morgan fingerprint density at radius 2 is 2.12 bits per heavy atom. The second-order valence-electron chi connectivity index (χ2n) is 7.42. The van der Waals surface area contributed by atoms with Crippen LogP contribution in [0.1, 0.15) is 12.5 Å². The molecule has 1 aromatic carbocycles. The van der Waals surface area contributed by atoms with Gasteiger partial charge in [0.1, 0.15) is 0 Å². The summed E-state index contributed by atoms with van der Waals surface area (Å²) in [5.74, 6) is -1.05. The van der Waals surface area contributed by atoms with Crippen molar-refractivity contribution in [2.75, 3.05) is 31.9 Å². The number of fused-ring (bicyclic) bond motifs is 2. The Balaban J connectivity index is 1.53. The number of aliphatic carboxylic acids is 1. The molecule has 1 aromatic heterocycles. The van der Waals surface area contributed by atoms with Gasteiger partial charge >= 0.3 is 5.97 Å². The van der Waals surface area contributed by atoms with Crippen molar-refractivity contribution in [3.8, 4) is 0 Å². The topological polar surface area (TPSA) is 93.7 Å². The smallest absolute Gasteiger partial charge is 0.312 e. The molecule has 2 aliphatic rings. The lowest BCUT2D eigenvalue weighted by molar-refractivity contribution is -0.148. The molecule has 0 bridgehead atoms. The first-order valence-corrected chi connectivity index (χ1v) is 10.4. The summed E-state index contributed by atoms with van der Waals surface area (Å²) in [6, 6.07) is 8.21. The highest BCUT2D eigenvalue weighted by Gasteiger charge is 2.59. The van der Waals surface area contributed by atoms with Gasteiger partial charge in [-0.3, -0.25) is 9.69 Å². The molecule has 2 fully saturated rings. The van der Waals surface area contributed by atoms with E-state index in [0.29, 0.717) is 26.2 Å². The van der Waals surface area contributed by atoms with Crippen molar-refractivity contribution in [1.82, 2.24) is 14.2 Å². The van der Waals surface area contributed by atoms with Crippen molar-refractivity contribution in [3.05, 3.63) is 36.0 Å². The number of rotatable bonds is 5. The van der Waals surface area contributed by atoms with Gasteiger partial charge in [0.25, 0.3) is 0 Å². The molecule has 140 valence electrons. The van der Waals surface area contributed by atoms with Gasteiger partial charge in [-0.25, -0.2) is 12.7 Å². The van der Waals surface area contributed by atoms with Crippen LogP contribution >= 0.6 is 0 Å². The molecule has 2 N–H and O–H groups in total. The zero-order valence-electron chi connectivity index (χ0n) is 14.7. The Kier molecular flexibility index (Phi) is 4.09. The predicted octanol–water partition coefficient (Wildman–Crippen LogP) is 1.34. The Labute approximate surface area is 152 Å². The molecule has 4 rings (SSSR count). The number of aromatic nitrogens is 1. The highest BCUT2D eigenvalue weighted by molar-refractivity contribution is 7.89. The van der Waals surface area contributed by atoms with Crippen molar-refractivity contribution in [2.45, 2.75) is 13.5 Å². The van der Waals surface area contributed by atoms with Crippen LogP contribution in [-0.2, 0) is 21.4 Å². The minimum Gasteiger partial charge on any atom is -0.481 e. The largest absolute Gasteiger partial charge is 0.481 e. The average molecular weight is 377 g/mol. The molecule has 0 amide bonds. The van der Waals surface area contributed by atoms with E-state index in [1.165, 1.54) is 4.31 Å². The fraction of sp³-hybridized carbons (Fsp3) is 0.500. The van der Waals surface area contributed by atoms with Crippen molar-refractivity contribution < 1.29 is 18.3 Å². The van der Waals surface area contributed by atoms with E-state index in [-0.39, 0.29) is 18.2 Å². The van der Waals surface area contributed by atoms with E-state index < -0.39 is 21.4 Å². The van der Waals surface area contributed by atoms with Gasteiger partial charge in [-0.1, -0.05) is 6.07 Å². The molecule has 0 radical (unpaired) electrons. The van der Waals surface area contributed by atoms with Crippen LogP contribution < -0.4 is 0 Å². The van der Waals surface area contributed by atoms with E-state index in [1.54, 1.807) is 6.92 Å². The third kappa shape index (κ3) is 2.72. The van der Waals surface area contributed by atoms with Crippen LogP contribution in [0.3, 0.4) is 0 Å². The van der Waals surface area contributed by atoms with Gasteiger partial charge in [0.2, 0.25) is 10.0 Å². The quantitative estimate of drug-likeness (QED) is 0.820. The average Bonchev–Trinajstić information content (AvgIpc) is 3.26. The van der Waals surface area contributed by atoms with E-state index in [0.717, 1.165) is 16.5 Å². The van der Waals surface area contributed by atoms with Crippen molar-refractivity contribution in [2.24, 2.45) is 11.3 Å². The molecule has 26 heavy (non-hydrogen) atoms. The summed E-state index contributed by atoms with van der Waals surface area (Å²) in [5, 5.41) is 11.0. The lowest BCUT2D eigenvalue weighted by Crippen LogP contribution is -2.42. The molecule has 0 saturated carbocycles. The number of carboxylic acids is 1. The lowest BCUT2D eigenvalue weighted by atomic mass is 9.81. The number of likely N-dealkylation sites (tertiary alicyclic amines) is 1. The molecule has 0 unspecified atom stereocenters.